The number of pyridine rings is 6. The van der Waals surface area contributed by atoms with Crippen LogP contribution in [0.3, 0.4) is 0 Å². The Balaban J connectivity index is 0.000000158. The maximum Gasteiger partial charge on any atom is 0.118 e. The van der Waals surface area contributed by atoms with Gasteiger partial charge in [0.05, 0.1) is 47.7 Å². The molecule has 8 nitrogen and oxygen atoms in total. The Morgan fingerprint density at radius 3 is 0.951 bits per heavy atom. The summed E-state index contributed by atoms with van der Waals surface area (Å²) >= 11 is 0. The van der Waals surface area contributed by atoms with Crippen LogP contribution in [0.4, 0.5) is 0 Å². The molecule has 0 radical (unpaired) electrons. The van der Waals surface area contributed by atoms with Gasteiger partial charge in [0.2, 0.25) is 0 Å². The van der Waals surface area contributed by atoms with E-state index in [1.165, 1.54) is 0 Å². The molecule has 0 fully saturated rings. The van der Waals surface area contributed by atoms with Crippen LogP contribution in [-0.4, -0.2) is 44.1 Å². The second-order valence-corrected chi connectivity index (χ2v) is 13.6. The fourth-order valence-electron chi connectivity index (χ4n) is 6.56. The van der Waals surface area contributed by atoms with E-state index in [1.807, 2.05) is 109 Å². The Morgan fingerprint density at radius 1 is 0.328 bits per heavy atom. The predicted molar refractivity (Wildman–Crippen MR) is 245 cm³/mol. The minimum atomic E-state index is 0. The molecule has 9 heteroatoms. The zero-order valence-corrected chi connectivity index (χ0v) is 35.2. The maximum absolute atomic E-state index is 5.21. The Morgan fingerprint density at radius 2 is 0.639 bits per heavy atom. The SMILES string of the molecule is COc1ccc(/C=C/c2ccnc(-c3cc(/C=C/c4ccc(OC)cc4)ccn3)c2)cc1.[Ru].c1cnc2c(c1)ccc1cccnc12.c1cnc2c(c1)ccc1cccnc12. The van der Waals surface area contributed by atoms with Crippen LogP contribution in [-0.2, 0) is 19.5 Å². The molecule has 61 heavy (non-hydrogen) atoms. The largest absolute Gasteiger partial charge is 0.497 e. The molecule has 10 aromatic rings. The van der Waals surface area contributed by atoms with E-state index in [1.54, 1.807) is 39.0 Å². The van der Waals surface area contributed by atoms with Crippen LogP contribution in [0.15, 0.2) is 183 Å². The number of fused-ring (bicyclic) bond motifs is 6. The Kier molecular flexibility index (Phi) is 14.0. The second-order valence-electron chi connectivity index (χ2n) is 13.6. The van der Waals surface area contributed by atoms with Gasteiger partial charge in [0.15, 0.2) is 0 Å². The number of hydrogen-bond donors (Lipinski definition) is 0. The minimum absolute atomic E-state index is 0. The number of aromatic nitrogens is 6. The third-order valence-electron chi connectivity index (χ3n) is 9.69. The van der Waals surface area contributed by atoms with E-state index < -0.39 is 0 Å². The van der Waals surface area contributed by atoms with Crippen LogP contribution in [0.25, 0.3) is 79.3 Å². The van der Waals surface area contributed by atoms with Crippen molar-refractivity contribution in [3.05, 3.63) is 205 Å². The monoisotopic (exact) mass is 882 g/mol. The summed E-state index contributed by atoms with van der Waals surface area (Å²) in [4.78, 5) is 26.4. The van der Waals surface area contributed by atoms with E-state index in [9.17, 15) is 0 Å². The topological polar surface area (TPSA) is 95.8 Å². The number of hydrogen-bond acceptors (Lipinski definition) is 8. The van der Waals surface area contributed by atoms with Crippen LogP contribution in [0.5, 0.6) is 11.5 Å². The summed E-state index contributed by atoms with van der Waals surface area (Å²) in [5, 5.41) is 4.55. The molecular weight excluding hydrogens is 842 g/mol. The van der Waals surface area contributed by atoms with Gasteiger partial charge < -0.3 is 9.47 Å². The van der Waals surface area contributed by atoms with Crippen molar-refractivity contribution in [2.75, 3.05) is 14.2 Å². The first-order valence-electron chi connectivity index (χ1n) is 19.4. The molecule has 0 aliphatic carbocycles. The first-order chi connectivity index (χ1) is 29.6. The summed E-state index contributed by atoms with van der Waals surface area (Å²) in [7, 11) is 3.34. The molecular formula is C52H40N6O2Ru. The number of methoxy groups -OCH3 is 2. The predicted octanol–water partition coefficient (Wildman–Crippen LogP) is 12.1. The smallest absolute Gasteiger partial charge is 0.118 e. The molecule has 0 amide bonds. The van der Waals surface area contributed by atoms with Crippen molar-refractivity contribution in [1.82, 2.24) is 29.9 Å². The molecule has 0 aliphatic rings. The maximum atomic E-state index is 5.21. The summed E-state index contributed by atoms with van der Waals surface area (Å²) in [5.41, 5.74) is 9.91. The fourth-order valence-corrected chi connectivity index (χ4v) is 6.56. The zero-order valence-electron chi connectivity index (χ0n) is 33.5. The van der Waals surface area contributed by atoms with Gasteiger partial charge in [0.25, 0.3) is 0 Å². The quantitative estimate of drug-likeness (QED) is 0.115. The van der Waals surface area contributed by atoms with Gasteiger partial charge in [0, 0.05) is 78.2 Å². The Labute approximate surface area is 367 Å². The molecule has 4 aromatic carbocycles. The molecule has 0 atom stereocenters. The molecule has 298 valence electrons. The van der Waals surface area contributed by atoms with Crippen LogP contribution in [0.1, 0.15) is 22.3 Å². The molecule has 6 aromatic heterocycles. The standard InChI is InChI=1S/C28H24N2O2.2C12H8N2.Ru/c1-31-25-11-7-21(8-12-25)3-5-23-15-17-29-27(19-23)28-20-24(16-18-30-28)6-4-22-9-13-26(32-2)14-10-22;2*1-3-9-5-6-10-4-2-8-14-12(10)11(9)13-7-1;/h3-20H,1-2H3;2*1-8H;/b5-3+,6-4+;;;. The zero-order chi connectivity index (χ0) is 40.9. The summed E-state index contributed by atoms with van der Waals surface area (Å²) in [6.07, 6.45) is 19.1. The third kappa shape index (κ3) is 10.6. The van der Waals surface area contributed by atoms with Gasteiger partial charge in [-0.2, -0.15) is 0 Å². The van der Waals surface area contributed by atoms with E-state index in [4.69, 9.17) is 9.47 Å². The average molecular weight is 882 g/mol. The van der Waals surface area contributed by atoms with E-state index >= 15 is 0 Å². The van der Waals surface area contributed by atoms with E-state index in [2.05, 4.69) is 103 Å². The number of rotatable bonds is 7. The van der Waals surface area contributed by atoms with Gasteiger partial charge >= 0.3 is 0 Å². The molecule has 0 saturated heterocycles. The van der Waals surface area contributed by atoms with Crippen LogP contribution < -0.4 is 9.47 Å². The van der Waals surface area contributed by atoms with E-state index in [0.717, 1.165) is 88.8 Å². The molecule has 0 saturated carbocycles. The van der Waals surface area contributed by atoms with Crippen LogP contribution >= 0.6 is 0 Å². The van der Waals surface area contributed by atoms with Gasteiger partial charge in [-0.1, -0.05) is 97.1 Å². The molecule has 0 N–H and O–H groups in total. The van der Waals surface area contributed by atoms with Crippen molar-refractivity contribution in [3.8, 4) is 22.9 Å². The molecule has 6 heterocycles. The number of ether oxygens (including phenoxy) is 2. The summed E-state index contributed by atoms with van der Waals surface area (Å²) in [6.45, 7) is 0. The van der Waals surface area contributed by atoms with Crippen molar-refractivity contribution < 1.29 is 29.0 Å². The molecule has 10 rings (SSSR count). The summed E-state index contributed by atoms with van der Waals surface area (Å²) in [5.74, 6) is 1.70. The fraction of sp³-hybridized carbons (Fsp3) is 0.0385. The van der Waals surface area contributed by atoms with Gasteiger partial charge in [-0.3, -0.25) is 29.9 Å². The molecule has 0 bridgehead atoms. The van der Waals surface area contributed by atoms with Crippen molar-refractivity contribution >= 4 is 67.9 Å². The molecule has 0 spiro atoms. The molecule has 0 unspecified atom stereocenters. The van der Waals surface area contributed by atoms with Crippen molar-refractivity contribution in [2.45, 2.75) is 0 Å². The summed E-state index contributed by atoms with van der Waals surface area (Å²) in [6, 6.07) is 48.2. The third-order valence-corrected chi connectivity index (χ3v) is 9.69. The van der Waals surface area contributed by atoms with Gasteiger partial charge in [-0.25, -0.2) is 0 Å². The van der Waals surface area contributed by atoms with Crippen LogP contribution in [0.2, 0.25) is 0 Å². The van der Waals surface area contributed by atoms with Gasteiger partial charge in [-0.15, -0.1) is 0 Å². The van der Waals surface area contributed by atoms with Crippen molar-refractivity contribution in [2.24, 2.45) is 0 Å². The van der Waals surface area contributed by atoms with Crippen molar-refractivity contribution in [1.29, 1.82) is 0 Å². The number of nitrogens with zero attached hydrogens (tertiary/aromatic N) is 6. The average Bonchev–Trinajstić information content (AvgIpc) is 3.33. The van der Waals surface area contributed by atoms with Gasteiger partial charge in [-0.05, 0) is 95.1 Å². The first kappa shape index (κ1) is 41.7. The summed E-state index contributed by atoms with van der Waals surface area (Å²) < 4.78 is 10.4. The van der Waals surface area contributed by atoms with E-state index in [0.29, 0.717) is 0 Å². The molecule has 0 aliphatic heterocycles. The second kappa shape index (κ2) is 20.5. The normalized spacial score (nSPS) is 10.9. The van der Waals surface area contributed by atoms with E-state index in [-0.39, 0.29) is 19.5 Å². The minimum Gasteiger partial charge on any atom is -0.497 e. The van der Waals surface area contributed by atoms with Crippen molar-refractivity contribution in [3.63, 3.8) is 0 Å². The van der Waals surface area contributed by atoms with Crippen LogP contribution in [0, 0.1) is 0 Å². The Bertz CT molecular complexity index is 2760. The number of benzene rings is 4. The van der Waals surface area contributed by atoms with Gasteiger partial charge in [0.1, 0.15) is 11.5 Å². The Hall–Kier alpha value is -7.48. The first-order valence-corrected chi connectivity index (χ1v) is 19.4.